The summed E-state index contributed by atoms with van der Waals surface area (Å²) in [7, 11) is 0. The highest BCUT2D eigenvalue weighted by Gasteiger charge is 2.26. The van der Waals surface area contributed by atoms with Gasteiger partial charge in [-0.3, -0.25) is 14.7 Å². The number of rotatable bonds is 5. The Morgan fingerprint density at radius 3 is 2.83 bits per heavy atom. The number of hydrogen-bond donors (Lipinski definition) is 2. The van der Waals surface area contributed by atoms with Gasteiger partial charge in [0, 0.05) is 38.1 Å². The summed E-state index contributed by atoms with van der Waals surface area (Å²) >= 11 is 0. The maximum Gasteiger partial charge on any atom is 0.234 e. The zero-order chi connectivity index (χ0) is 19.3. The maximum absolute atomic E-state index is 12.7. The molecular weight excluding hydrogens is 384 g/mol. The van der Waals surface area contributed by atoms with Crippen molar-refractivity contribution in [1.82, 2.24) is 20.5 Å². The third-order valence-electron chi connectivity index (χ3n) is 5.42. The van der Waals surface area contributed by atoms with Crippen LogP contribution in [0, 0.1) is 0 Å². The van der Waals surface area contributed by atoms with Gasteiger partial charge in [0.2, 0.25) is 5.91 Å². The van der Waals surface area contributed by atoms with Gasteiger partial charge < -0.3 is 10.6 Å². The van der Waals surface area contributed by atoms with E-state index in [4.69, 9.17) is 0 Å². The molecule has 6 heteroatoms. The van der Waals surface area contributed by atoms with Crippen molar-refractivity contribution < 1.29 is 4.79 Å². The minimum absolute atomic E-state index is 0. The molecule has 29 heavy (non-hydrogen) atoms. The number of halogens is 1. The monoisotopic (exact) mass is 410 g/mol. The van der Waals surface area contributed by atoms with Gasteiger partial charge in [0.1, 0.15) is 0 Å². The quantitative estimate of drug-likeness (QED) is 0.676. The van der Waals surface area contributed by atoms with Crippen LogP contribution in [0.1, 0.15) is 30.1 Å². The largest absolute Gasteiger partial charge is 0.348 e. The Morgan fingerprint density at radius 2 is 2.03 bits per heavy atom. The fourth-order valence-corrected chi connectivity index (χ4v) is 3.87. The number of piperazine rings is 1. The van der Waals surface area contributed by atoms with Crippen LogP contribution in [0.25, 0.3) is 10.8 Å². The van der Waals surface area contributed by atoms with Crippen LogP contribution < -0.4 is 10.6 Å². The molecule has 1 fully saturated rings. The predicted octanol–water partition coefficient (Wildman–Crippen LogP) is 3.48. The van der Waals surface area contributed by atoms with E-state index >= 15 is 0 Å². The first-order valence-corrected chi connectivity index (χ1v) is 9.83. The highest BCUT2D eigenvalue weighted by atomic mass is 35.5. The van der Waals surface area contributed by atoms with Gasteiger partial charge in [0.15, 0.2) is 0 Å². The van der Waals surface area contributed by atoms with E-state index in [1.165, 1.54) is 10.8 Å². The number of pyridine rings is 1. The van der Waals surface area contributed by atoms with Gasteiger partial charge in [-0.05, 0) is 41.0 Å². The summed E-state index contributed by atoms with van der Waals surface area (Å²) in [5, 5.41) is 8.99. The summed E-state index contributed by atoms with van der Waals surface area (Å²) in [5.74, 6) is 0.0523. The van der Waals surface area contributed by atoms with Gasteiger partial charge in [-0.15, -0.1) is 12.4 Å². The fourth-order valence-electron chi connectivity index (χ4n) is 3.87. The van der Waals surface area contributed by atoms with Gasteiger partial charge in [0.25, 0.3) is 0 Å². The molecule has 1 aliphatic rings. The summed E-state index contributed by atoms with van der Waals surface area (Å²) in [5.41, 5.74) is 2.27. The highest BCUT2D eigenvalue weighted by molar-refractivity contribution is 5.85. The Morgan fingerprint density at radius 1 is 1.21 bits per heavy atom. The van der Waals surface area contributed by atoms with E-state index in [0.717, 1.165) is 30.8 Å². The molecule has 1 aromatic heterocycles. The maximum atomic E-state index is 12.7. The van der Waals surface area contributed by atoms with Crippen LogP contribution in [-0.2, 0) is 4.79 Å². The SMILES string of the molecule is CC(NC(=O)CN1CCNCC1c1cccnc1)c1ccc2ccccc2c1.Cl. The first kappa shape index (κ1) is 21.2. The second kappa shape index (κ2) is 9.83. The standard InChI is InChI=1S/C23H26N4O.ClH/c1-17(19-9-8-18-5-2-3-6-20(18)13-19)26-23(28)16-27-12-11-25-15-22(27)21-7-4-10-24-14-21;/h2-10,13-14,17,22,25H,11-12,15-16H2,1H3,(H,26,28);1H. The van der Waals surface area contributed by atoms with Crippen LogP contribution in [0.4, 0.5) is 0 Å². The molecule has 152 valence electrons. The van der Waals surface area contributed by atoms with Crippen LogP contribution in [0.2, 0.25) is 0 Å². The molecule has 1 aliphatic heterocycles. The average molecular weight is 411 g/mol. The minimum Gasteiger partial charge on any atom is -0.348 e. The lowest BCUT2D eigenvalue weighted by Gasteiger charge is -2.36. The molecule has 1 saturated heterocycles. The van der Waals surface area contributed by atoms with Crippen molar-refractivity contribution in [3.05, 3.63) is 78.1 Å². The first-order chi connectivity index (χ1) is 13.7. The summed E-state index contributed by atoms with van der Waals surface area (Å²) < 4.78 is 0. The Balaban J connectivity index is 0.00000240. The average Bonchev–Trinajstić information content (AvgIpc) is 2.74. The number of benzene rings is 2. The molecule has 2 atom stereocenters. The third kappa shape index (κ3) is 5.12. The highest BCUT2D eigenvalue weighted by Crippen LogP contribution is 2.22. The molecule has 0 bridgehead atoms. The Hall–Kier alpha value is -2.47. The fraction of sp³-hybridized carbons (Fsp3) is 0.304. The molecule has 2 aromatic carbocycles. The van der Waals surface area contributed by atoms with Crippen LogP contribution >= 0.6 is 12.4 Å². The van der Waals surface area contributed by atoms with Crippen molar-refractivity contribution in [2.24, 2.45) is 0 Å². The van der Waals surface area contributed by atoms with Crippen LogP contribution in [-0.4, -0.2) is 42.0 Å². The van der Waals surface area contributed by atoms with Crippen LogP contribution in [0.5, 0.6) is 0 Å². The van der Waals surface area contributed by atoms with Gasteiger partial charge in [-0.1, -0.05) is 42.5 Å². The molecule has 2 N–H and O–H groups in total. The minimum atomic E-state index is -0.0307. The van der Waals surface area contributed by atoms with Crippen molar-refractivity contribution in [3.8, 4) is 0 Å². The van der Waals surface area contributed by atoms with Gasteiger partial charge in [-0.2, -0.15) is 0 Å². The van der Waals surface area contributed by atoms with Crippen molar-refractivity contribution in [1.29, 1.82) is 0 Å². The van der Waals surface area contributed by atoms with Gasteiger partial charge >= 0.3 is 0 Å². The molecule has 2 unspecified atom stereocenters. The molecule has 2 heterocycles. The number of aromatic nitrogens is 1. The normalized spacial score (nSPS) is 18.0. The van der Waals surface area contributed by atoms with E-state index in [1.807, 2.05) is 31.3 Å². The molecule has 3 aromatic rings. The Labute approximate surface area is 177 Å². The van der Waals surface area contributed by atoms with E-state index in [0.29, 0.717) is 6.54 Å². The van der Waals surface area contributed by atoms with Gasteiger partial charge in [-0.25, -0.2) is 0 Å². The summed E-state index contributed by atoms with van der Waals surface area (Å²) in [6.07, 6.45) is 3.67. The first-order valence-electron chi connectivity index (χ1n) is 9.83. The third-order valence-corrected chi connectivity index (χ3v) is 5.42. The van der Waals surface area contributed by atoms with Crippen molar-refractivity contribution >= 4 is 29.1 Å². The number of carbonyl (C=O) groups excluding carboxylic acids is 1. The lowest BCUT2D eigenvalue weighted by molar-refractivity contribution is -0.123. The van der Waals surface area contributed by atoms with E-state index in [1.54, 1.807) is 6.20 Å². The molecule has 5 nitrogen and oxygen atoms in total. The lowest BCUT2D eigenvalue weighted by Crippen LogP contribution is -2.49. The smallest absolute Gasteiger partial charge is 0.234 e. The number of amides is 1. The number of carbonyl (C=O) groups is 1. The van der Waals surface area contributed by atoms with E-state index < -0.39 is 0 Å². The van der Waals surface area contributed by atoms with E-state index in [2.05, 4.69) is 56.9 Å². The molecule has 4 rings (SSSR count). The van der Waals surface area contributed by atoms with E-state index in [9.17, 15) is 4.79 Å². The van der Waals surface area contributed by atoms with Crippen molar-refractivity contribution in [3.63, 3.8) is 0 Å². The summed E-state index contributed by atoms with van der Waals surface area (Å²) in [6, 6.07) is 18.8. The number of nitrogens with zero attached hydrogens (tertiary/aromatic N) is 2. The Kier molecular flexibility index (Phi) is 7.20. The molecule has 0 spiro atoms. The zero-order valence-corrected chi connectivity index (χ0v) is 17.4. The Bertz CT molecular complexity index is 950. The molecule has 1 amide bonds. The lowest BCUT2D eigenvalue weighted by atomic mass is 10.0. The molecular formula is C23H27ClN4O. The predicted molar refractivity (Wildman–Crippen MR) is 119 cm³/mol. The summed E-state index contributed by atoms with van der Waals surface area (Å²) in [4.78, 5) is 19.2. The molecule has 0 saturated carbocycles. The molecule has 0 aliphatic carbocycles. The topological polar surface area (TPSA) is 57.3 Å². The number of nitrogens with one attached hydrogen (secondary N) is 2. The molecule has 0 radical (unpaired) electrons. The van der Waals surface area contributed by atoms with Crippen LogP contribution in [0.3, 0.4) is 0 Å². The summed E-state index contributed by atoms with van der Waals surface area (Å²) in [6.45, 7) is 5.00. The van der Waals surface area contributed by atoms with Crippen molar-refractivity contribution in [2.45, 2.75) is 19.0 Å². The second-order valence-corrected chi connectivity index (χ2v) is 7.37. The number of hydrogen-bond acceptors (Lipinski definition) is 4. The van der Waals surface area contributed by atoms with Crippen LogP contribution in [0.15, 0.2) is 67.0 Å². The number of fused-ring (bicyclic) bond motifs is 1. The second-order valence-electron chi connectivity index (χ2n) is 7.37. The van der Waals surface area contributed by atoms with E-state index in [-0.39, 0.29) is 30.4 Å². The van der Waals surface area contributed by atoms with Crippen molar-refractivity contribution in [2.75, 3.05) is 26.2 Å². The van der Waals surface area contributed by atoms with Gasteiger partial charge in [0.05, 0.1) is 12.6 Å². The zero-order valence-electron chi connectivity index (χ0n) is 16.5.